The first kappa shape index (κ1) is 16.4. The Bertz CT molecular complexity index is 448. The predicted molar refractivity (Wildman–Crippen MR) is 88.5 cm³/mol. The summed E-state index contributed by atoms with van der Waals surface area (Å²) in [5.74, 6) is 0.831. The van der Waals surface area contributed by atoms with Crippen LogP contribution in [0.5, 0.6) is 5.75 Å². The van der Waals surface area contributed by atoms with Crippen LogP contribution >= 0.6 is 12.2 Å². The molecule has 0 amide bonds. The van der Waals surface area contributed by atoms with Crippen LogP contribution < -0.4 is 10.1 Å². The lowest BCUT2D eigenvalue weighted by Crippen LogP contribution is -2.34. The smallest absolute Gasteiger partial charge is 0.189 e. The maximum absolute atomic E-state index is 5.55. The van der Waals surface area contributed by atoms with Crippen molar-refractivity contribution in [2.24, 2.45) is 5.10 Å². The Kier molecular flexibility index (Phi) is 7.65. The first-order valence-electron chi connectivity index (χ1n) is 6.96. The topological polar surface area (TPSA) is 36.9 Å². The van der Waals surface area contributed by atoms with E-state index in [0.717, 1.165) is 30.7 Å². The van der Waals surface area contributed by atoms with Gasteiger partial charge in [-0.25, -0.2) is 5.01 Å². The molecule has 0 saturated carbocycles. The van der Waals surface area contributed by atoms with Gasteiger partial charge in [-0.1, -0.05) is 25.5 Å². The van der Waals surface area contributed by atoms with Gasteiger partial charge in [0.15, 0.2) is 5.11 Å². The zero-order valence-corrected chi connectivity index (χ0v) is 13.2. The van der Waals surface area contributed by atoms with Crippen molar-refractivity contribution in [1.29, 1.82) is 0 Å². The third-order valence-corrected chi connectivity index (χ3v) is 3.10. The summed E-state index contributed by atoms with van der Waals surface area (Å²) in [4.78, 5) is 0. The minimum Gasteiger partial charge on any atom is -0.493 e. The van der Waals surface area contributed by atoms with E-state index < -0.39 is 0 Å². The van der Waals surface area contributed by atoms with E-state index in [-0.39, 0.29) is 0 Å². The number of ether oxygens (including phenoxy) is 1. The zero-order valence-electron chi connectivity index (χ0n) is 12.4. The van der Waals surface area contributed by atoms with Crippen molar-refractivity contribution in [3.63, 3.8) is 0 Å². The Morgan fingerprint density at radius 3 is 2.85 bits per heavy atom. The highest BCUT2D eigenvalue weighted by molar-refractivity contribution is 7.80. The number of hydrazone groups is 1. The number of unbranched alkanes of at least 4 members (excludes halogenated alkanes) is 1. The second-order valence-electron chi connectivity index (χ2n) is 4.32. The van der Waals surface area contributed by atoms with Crippen molar-refractivity contribution in [3.05, 3.63) is 29.8 Å². The lowest BCUT2D eigenvalue weighted by molar-refractivity contribution is 0.339. The lowest BCUT2D eigenvalue weighted by atomic mass is 10.2. The molecule has 110 valence electrons. The van der Waals surface area contributed by atoms with E-state index >= 15 is 0 Å². The largest absolute Gasteiger partial charge is 0.493 e. The predicted octanol–water partition coefficient (Wildman–Crippen LogP) is 3.03. The summed E-state index contributed by atoms with van der Waals surface area (Å²) in [5, 5.41) is 9.80. The monoisotopic (exact) mass is 293 g/mol. The number of hydrogen-bond donors (Lipinski definition) is 1. The van der Waals surface area contributed by atoms with E-state index in [2.05, 4.69) is 17.3 Å². The molecule has 1 rings (SSSR count). The van der Waals surface area contributed by atoms with Crippen molar-refractivity contribution in [2.75, 3.05) is 20.2 Å². The van der Waals surface area contributed by atoms with Crippen LogP contribution in [0.25, 0.3) is 0 Å². The van der Waals surface area contributed by atoms with Gasteiger partial charge in [0.05, 0.1) is 12.8 Å². The summed E-state index contributed by atoms with van der Waals surface area (Å²) in [6, 6.07) is 7.81. The number of benzene rings is 1. The molecular weight excluding hydrogens is 270 g/mol. The van der Waals surface area contributed by atoms with Crippen molar-refractivity contribution >= 4 is 23.5 Å². The van der Waals surface area contributed by atoms with E-state index in [1.54, 1.807) is 11.2 Å². The highest BCUT2D eigenvalue weighted by Crippen LogP contribution is 2.15. The molecule has 0 radical (unpaired) electrons. The summed E-state index contributed by atoms with van der Waals surface area (Å²) in [7, 11) is 1.83. The van der Waals surface area contributed by atoms with Crippen LogP contribution in [-0.4, -0.2) is 36.5 Å². The second kappa shape index (κ2) is 9.31. The highest BCUT2D eigenvalue weighted by atomic mass is 32.1. The van der Waals surface area contributed by atoms with Crippen molar-refractivity contribution in [2.45, 2.75) is 26.7 Å². The molecule has 0 aliphatic carbocycles. The molecule has 20 heavy (non-hydrogen) atoms. The normalized spacial score (nSPS) is 10.6. The summed E-state index contributed by atoms with van der Waals surface area (Å²) in [5.41, 5.74) is 0.942. The standard InChI is InChI=1S/C15H23N3OS/c1-4-6-11-16-15(20)18(3)17-12-13-9-7-8-10-14(13)19-5-2/h7-10,12H,4-6,11H2,1-3H3,(H,16,20)/b17-12+. The Hall–Kier alpha value is -1.62. The Morgan fingerprint density at radius 1 is 1.40 bits per heavy atom. The van der Waals surface area contributed by atoms with Crippen LogP contribution in [0.4, 0.5) is 0 Å². The number of nitrogens with one attached hydrogen (secondary N) is 1. The molecule has 0 heterocycles. The van der Waals surface area contributed by atoms with Gasteiger partial charge in [0.2, 0.25) is 0 Å². The van der Waals surface area contributed by atoms with Gasteiger partial charge in [-0.3, -0.25) is 0 Å². The zero-order chi connectivity index (χ0) is 14.8. The van der Waals surface area contributed by atoms with Crippen LogP contribution in [0.3, 0.4) is 0 Å². The maximum Gasteiger partial charge on any atom is 0.189 e. The number of rotatable bonds is 7. The second-order valence-corrected chi connectivity index (χ2v) is 4.71. The molecule has 1 aromatic carbocycles. The third-order valence-electron chi connectivity index (χ3n) is 2.69. The van der Waals surface area contributed by atoms with Crippen LogP contribution in [0.2, 0.25) is 0 Å². The summed E-state index contributed by atoms with van der Waals surface area (Å²) in [6.07, 6.45) is 4.01. The van der Waals surface area contributed by atoms with Crippen LogP contribution in [0.1, 0.15) is 32.3 Å². The SMILES string of the molecule is CCCCNC(=S)N(C)/N=C/c1ccccc1OCC. The van der Waals surface area contributed by atoms with Crippen LogP contribution in [0, 0.1) is 0 Å². The molecule has 5 heteroatoms. The summed E-state index contributed by atoms with van der Waals surface area (Å²) < 4.78 is 5.55. The quantitative estimate of drug-likeness (QED) is 0.363. The Labute approximate surface area is 126 Å². The fourth-order valence-electron chi connectivity index (χ4n) is 1.56. The van der Waals surface area contributed by atoms with Gasteiger partial charge in [0, 0.05) is 19.2 Å². The minimum absolute atomic E-state index is 0.628. The average Bonchev–Trinajstić information content (AvgIpc) is 2.46. The Morgan fingerprint density at radius 2 is 2.15 bits per heavy atom. The van der Waals surface area contributed by atoms with Gasteiger partial charge in [0.1, 0.15) is 5.75 Å². The lowest BCUT2D eigenvalue weighted by Gasteiger charge is -2.15. The van der Waals surface area contributed by atoms with E-state index in [4.69, 9.17) is 17.0 Å². The number of thiocarbonyl (C=S) groups is 1. The number of para-hydroxylation sites is 1. The van der Waals surface area contributed by atoms with Gasteiger partial charge in [-0.15, -0.1) is 0 Å². The first-order chi connectivity index (χ1) is 9.69. The molecule has 0 aliphatic rings. The number of nitrogens with zero attached hydrogens (tertiary/aromatic N) is 2. The molecular formula is C15H23N3OS. The van der Waals surface area contributed by atoms with Crippen LogP contribution in [0.15, 0.2) is 29.4 Å². The van der Waals surface area contributed by atoms with Crippen molar-refractivity contribution in [3.8, 4) is 5.75 Å². The van der Waals surface area contributed by atoms with E-state index in [1.165, 1.54) is 0 Å². The number of hydrogen-bond acceptors (Lipinski definition) is 3. The van der Waals surface area contributed by atoms with E-state index in [9.17, 15) is 0 Å². The molecule has 1 aromatic rings. The molecule has 0 aliphatic heterocycles. The molecule has 0 spiro atoms. The molecule has 0 saturated heterocycles. The molecule has 1 N–H and O–H groups in total. The average molecular weight is 293 g/mol. The van der Waals surface area contributed by atoms with Crippen LogP contribution in [-0.2, 0) is 0 Å². The minimum atomic E-state index is 0.628. The fraction of sp³-hybridized carbons (Fsp3) is 0.467. The molecule has 0 fully saturated rings. The molecule has 0 aromatic heterocycles. The summed E-state index contributed by atoms with van der Waals surface area (Å²) in [6.45, 7) is 5.63. The molecule has 0 atom stereocenters. The maximum atomic E-state index is 5.55. The molecule has 4 nitrogen and oxygen atoms in total. The van der Waals surface area contributed by atoms with Gasteiger partial charge in [0.25, 0.3) is 0 Å². The molecule has 0 unspecified atom stereocenters. The highest BCUT2D eigenvalue weighted by Gasteiger charge is 2.02. The molecule has 0 bridgehead atoms. The first-order valence-corrected chi connectivity index (χ1v) is 7.37. The van der Waals surface area contributed by atoms with Gasteiger partial charge in [-0.05, 0) is 37.7 Å². The fourth-order valence-corrected chi connectivity index (χ4v) is 1.71. The Balaban J connectivity index is 2.60. The summed E-state index contributed by atoms with van der Waals surface area (Å²) >= 11 is 5.26. The van der Waals surface area contributed by atoms with Crippen molar-refractivity contribution < 1.29 is 4.74 Å². The van der Waals surface area contributed by atoms with E-state index in [1.807, 2.05) is 38.2 Å². The van der Waals surface area contributed by atoms with E-state index in [0.29, 0.717) is 11.7 Å². The third kappa shape index (κ3) is 5.57. The van der Waals surface area contributed by atoms with Gasteiger partial charge < -0.3 is 10.1 Å². The van der Waals surface area contributed by atoms with Gasteiger partial charge in [-0.2, -0.15) is 5.10 Å². The van der Waals surface area contributed by atoms with Crippen molar-refractivity contribution in [1.82, 2.24) is 10.3 Å². The van der Waals surface area contributed by atoms with Gasteiger partial charge >= 0.3 is 0 Å².